The number of thioether (sulfide) groups is 1. The molecule has 104 valence electrons. The van der Waals surface area contributed by atoms with Gasteiger partial charge in [0.05, 0.1) is 0 Å². The van der Waals surface area contributed by atoms with E-state index in [0.29, 0.717) is 0 Å². The van der Waals surface area contributed by atoms with E-state index in [4.69, 9.17) is 4.74 Å². The molecule has 0 amide bonds. The monoisotopic (exact) mass is 277 g/mol. The molecule has 3 heteroatoms. The third kappa shape index (κ3) is 3.46. The molecule has 0 saturated heterocycles. The van der Waals surface area contributed by atoms with Crippen LogP contribution in [0.1, 0.15) is 38.5 Å². The van der Waals surface area contributed by atoms with Crippen LogP contribution in [-0.4, -0.2) is 24.4 Å². The summed E-state index contributed by atoms with van der Waals surface area (Å²) in [6, 6.07) is 9.32. The Balaban J connectivity index is 1.54. The van der Waals surface area contributed by atoms with E-state index in [-0.39, 0.29) is 5.60 Å². The van der Waals surface area contributed by atoms with Crippen LogP contribution in [0.15, 0.2) is 29.2 Å². The molecule has 2 aliphatic rings. The third-order valence-electron chi connectivity index (χ3n) is 4.25. The first kappa shape index (κ1) is 13.3. The molecule has 2 fully saturated rings. The Hall–Kier alpha value is -0.670. The van der Waals surface area contributed by atoms with Gasteiger partial charge in [-0.15, -0.1) is 11.8 Å². The van der Waals surface area contributed by atoms with Gasteiger partial charge in [0.25, 0.3) is 0 Å². The summed E-state index contributed by atoms with van der Waals surface area (Å²) in [7, 11) is 0. The second-order valence-corrected chi connectivity index (χ2v) is 6.67. The Morgan fingerprint density at radius 1 is 1.26 bits per heavy atom. The molecule has 0 bridgehead atoms. The van der Waals surface area contributed by atoms with Crippen LogP contribution < -0.4 is 10.1 Å². The molecule has 0 radical (unpaired) electrons. The highest BCUT2D eigenvalue weighted by Gasteiger charge is 2.39. The zero-order chi connectivity index (χ0) is 13.1. The minimum Gasteiger partial charge on any atom is -0.487 e. The quantitative estimate of drug-likeness (QED) is 0.765. The van der Waals surface area contributed by atoms with E-state index in [1.807, 2.05) is 0 Å². The molecule has 19 heavy (non-hydrogen) atoms. The van der Waals surface area contributed by atoms with E-state index >= 15 is 0 Å². The SMILES string of the molecule is CSc1ccc(OC2(CCNC3CC3)CCC2)cc1. The number of hydrogen-bond donors (Lipinski definition) is 1. The number of benzene rings is 1. The van der Waals surface area contributed by atoms with Gasteiger partial charge in [0.2, 0.25) is 0 Å². The standard InChI is InChI=1S/C16H23NOS/c1-19-15-7-5-14(6-8-15)18-16(9-2-10-16)11-12-17-13-3-4-13/h5-8,13,17H,2-4,9-12H2,1H3. The second-order valence-electron chi connectivity index (χ2n) is 5.79. The molecule has 0 aromatic heterocycles. The van der Waals surface area contributed by atoms with Crippen LogP contribution in [0.5, 0.6) is 5.75 Å². The summed E-state index contributed by atoms with van der Waals surface area (Å²) < 4.78 is 6.29. The van der Waals surface area contributed by atoms with Crippen molar-refractivity contribution in [1.82, 2.24) is 5.32 Å². The van der Waals surface area contributed by atoms with Crippen LogP contribution in [0.2, 0.25) is 0 Å². The zero-order valence-corrected chi connectivity index (χ0v) is 12.5. The summed E-state index contributed by atoms with van der Waals surface area (Å²) in [5.74, 6) is 1.03. The van der Waals surface area contributed by atoms with E-state index in [2.05, 4.69) is 35.8 Å². The van der Waals surface area contributed by atoms with Crippen molar-refractivity contribution in [3.05, 3.63) is 24.3 Å². The van der Waals surface area contributed by atoms with Gasteiger partial charge >= 0.3 is 0 Å². The predicted molar refractivity (Wildman–Crippen MR) is 81.1 cm³/mol. The molecular formula is C16H23NOS. The molecule has 0 unspecified atom stereocenters. The highest BCUT2D eigenvalue weighted by molar-refractivity contribution is 7.98. The molecule has 3 rings (SSSR count). The first-order chi connectivity index (χ1) is 9.30. The minimum atomic E-state index is 0.114. The lowest BCUT2D eigenvalue weighted by molar-refractivity contribution is -0.0143. The van der Waals surface area contributed by atoms with Gasteiger partial charge in [0.15, 0.2) is 0 Å². The molecule has 1 aromatic carbocycles. The van der Waals surface area contributed by atoms with Gasteiger partial charge in [-0.1, -0.05) is 0 Å². The Morgan fingerprint density at radius 3 is 2.53 bits per heavy atom. The van der Waals surface area contributed by atoms with Crippen molar-refractivity contribution in [3.8, 4) is 5.75 Å². The lowest BCUT2D eigenvalue weighted by Gasteiger charge is -2.42. The summed E-state index contributed by atoms with van der Waals surface area (Å²) >= 11 is 1.77. The fourth-order valence-corrected chi connectivity index (χ4v) is 3.07. The van der Waals surface area contributed by atoms with E-state index < -0.39 is 0 Å². The average Bonchev–Trinajstić information content (AvgIpc) is 3.20. The van der Waals surface area contributed by atoms with E-state index in [0.717, 1.165) is 24.8 Å². The summed E-state index contributed by atoms with van der Waals surface area (Å²) in [5, 5.41) is 3.60. The summed E-state index contributed by atoms with van der Waals surface area (Å²) in [4.78, 5) is 1.30. The highest BCUT2D eigenvalue weighted by atomic mass is 32.2. The van der Waals surface area contributed by atoms with Gasteiger partial charge in [-0.2, -0.15) is 0 Å². The molecule has 2 nitrogen and oxygen atoms in total. The normalized spacial score (nSPS) is 20.9. The minimum absolute atomic E-state index is 0.114. The fraction of sp³-hybridized carbons (Fsp3) is 0.625. The first-order valence-corrected chi connectivity index (χ1v) is 8.59. The van der Waals surface area contributed by atoms with Gasteiger partial charge in [0, 0.05) is 10.9 Å². The second kappa shape index (κ2) is 5.76. The van der Waals surface area contributed by atoms with Crippen LogP contribution in [-0.2, 0) is 0 Å². The van der Waals surface area contributed by atoms with Gasteiger partial charge in [0.1, 0.15) is 11.4 Å². The van der Waals surface area contributed by atoms with Crippen LogP contribution in [0.25, 0.3) is 0 Å². The van der Waals surface area contributed by atoms with Crippen LogP contribution in [0.4, 0.5) is 0 Å². The lowest BCUT2D eigenvalue weighted by atomic mass is 9.77. The lowest BCUT2D eigenvalue weighted by Crippen LogP contribution is -2.45. The van der Waals surface area contributed by atoms with Crippen molar-refractivity contribution < 1.29 is 4.74 Å². The van der Waals surface area contributed by atoms with E-state index in [9.17, 15) is 0 Å². The molecule has 1 aromatic rings. The van der Waals surface area contributed by atoms with Crippen molar-refractivity contribution in [2.45, 2.75) is 55.1 Å². The number of nitrogens with one attached hydrogen (secondary N) is 1. The van der Waals surface area contributed by atoms with Crippen molar-refractivity contribution >= 4 is 11.8 Å². The Morgan fingerprint density at radius 2 is 2.00 bits per heavy atom. The van der Waals surface area contributed by atoms with Crippen molar-refractivity contribution in [3.63, 3.8) is 0 Å². The molecule has 0 atom stereocenters. The topological polar surface area (TPSA) is 21.3 Å². The maximum absolute atomic E-state index is 6.29. The largest absolute Gasteiger partial charge is 0.487 e. The van der Waals surface area contributed by atoms with Crippen LogP contribution in [0, 0.1) is 0 Å². The highest BCUT2D eigenvalue weighted by Crippen LogP contribution is 2.39. The maximum Gasteiger partial charge on any atom is 0.120 e. The molecular weight excluding hydrogens is 254 g/mol. The predicted octanol–water partition coefficient (Wildman–Crippen LogP) is 3.85. The maximum atomic E-state index is 6.29. The molecule has 0 heterocycles. The van der Waals surface area contributed by atoms with E-state index in [1.54, 1.807) is 11.8 Å². The number of hydrogen-bond acceptors (Lipinski definition) is 3. The average molecular weight is 277 g/mol. The molecule has 1 N–H and O–H groups in total. The summed E-state index contributed by atoms with van der Waals surface area (Å²) in [5.41, 5.74) is 0.114. The summed E-state index contributed by atoms with van der Waals surface area (Å²) in [6.07, 6.45) is 9.72. The van der Waals surface area contributed by atoms with Gasteiger partial charge < -0.3 is 10.1 Å². The zero-order valence-electron chi connectivity index (χ0n) is 11.7. The fourth-order valence-electron chi connectivity index (χ4n) is 2.66. The smallest absolute Gasteiger partial charge is 0.120 e. The number of ether oxygens (including phenoxy) is 1. The van der Waals surface area contributed by atoms with Crippen molar-refractivity contribution in [2.24, 2.45) is 0 Å². The third-order valence-corrected chi connectivity index (χ3v) is 4.99. The molecule has 0 aliphatic heterocycles. The molecule has 0 spiro atoms. The Labute approximate surface area is 120 Å². The Kier molecular flexibility index (Phi) is 4.04. The van der Waals surface area contributed by atoms with Gasteiger partial charge in [-0.25, -0.2) is 0 Å². The molecule has 2 saturated carbocycles. The van der Waals surface area contributed by atoms with Crippen molar-refractivity contribution in [2.75, 3.05) is 12.8 Å². The first-order valence-electron chi connectivity index (χ1n) is 7.36. The van der Waals surface area contributed by atoms with Gasteiger partial charge in [-0.05, 0) is 75.6 Å². The number of rotatable bonds is 7. The van der Waals surface area contributed by atoms with Crippen molar-refractivity contribution in [1.29, 1.82) is 0 Å². The van der Waals surface area contributed by atoms with E-state index in [1.165, 1.54) is 37.0 Å². The summed E-state index contributed by atoms with van der Waals surface area (Å²) in [6.45, 7) is 1.10. The van der Waals surface area contributed by atoms with Crippen LogP contribution in [0.3, 0.4) is 0 Å². The molecule has 2 aliphatic carbocycles. The van der Waals surface area contributed by atoms with Gasteiger partial charge in [-0.3, -0.25) is 0 Å². The Bertz CT molecular complexity index is 409. The van der Waals surface area contributed by atoms with Crippen LogP contribution >= 0.6 is 11.8 Å².